The molecule has 2 saturated heterocycles. The van der Waals surface area contributed by atoms with Gasteiger partial charge in [0.15, 0.2) is 5.78 Å². The van der Waals surface area contributed by atoms with Gasteiger partial charge in [-0.25, -0.2) is 0 Å². The molecule has 38 heavy (non-hydrogen) atoms. The lowest BCUT2D eigenvalue weighted by atomic mass is 9.64. The van der Waals surface area contributed by atoms with Gasteiger partial charge in [0.05, 0.1) is 49.4 Å². The predicted molar refractivity (Wildman–Crippen MR) is 137 cm³/mol. The minimum absolute atomic E-state index is 0.0849. The summed E-state index contributed by atoms with van der Waals surface area (Å²) < 4.78 is 22.3. The van der Waals surface area contributed by atoms with E-state index in [1.165, 1.54) is 14.2 Å². The number of Topliss-reactive ketones (excluding diaryl/α,β-unsaturated/α-hetero) is 1. The number of methoxy groups -OCH3 is 2. The summed E-state index contributed by atoms with van der Waals surface area (Å²) >= 11 is 0. The number of carbonyl (C=O) groups is 3. The summed E-state index contributed by atoms with van der Waals surface area (Å²) in [6.07, 6.45) is 1.48. The largest absolute Gasteiger partial charge is 0.496 e. The highest BCUT2D eigenvalue weighted by Crippen LogP contribution is 2.45. The summed E-state index contributed by atoms with van der Waals surface area (Å²) in [5.74, 6) is 2.12. The zero-order valence-electron chi connectivity index (χ0n) is 22.2. The molecule has 9 nitrogen and oxygen atoms in total. The molecule has 0 unspecified atom stereocenters. The smallest absolute Gasteiger partial charge is 0.257 e. The van der Waals surface area contributed by atoms with Crippen LogP contribution in [0.5, 0.6) is 23.0 Å². The molecule has 2 amide bonds. The molecule has 0 N–H and O–H groups in total. The number of ether oxygens (including phenoxy) is 4. The van der Waals surface area contributed by atoms with E-state index in [4.69, 9.17) is 18.9 Å². The number of likely N-dealkylation sites (tertiary alicyclic amines) is 2. The van der Waals surface area contributed by atoms with Crippen molar-refractivity contribution in [3.05, 3.63) is 46.5 Å². The SMILES string of the molecule is COc1cc2c(cc1C(=O)N1CC3(C)CN(C(=O)c4cc5c(cc4OC)OCC5)CC(C)(C1)C3=O)CCO2. The van der Waals surface area contributed by atoms with Crippen molar-refractivity contribution in [2.24, 2.45) is 10.8 Å². The van der Waals surface area contributed by atoms with Gasteiger partial charge in [0.1, 0.15) is 23.0 Å². The molecule has 0 aromatic heterocycles. The molecule has 2 fully saturated rings. The van der Waals surface area contributed by atoms with Crippen molar-refractivity contribution in [1.29, 1.82) is 0 Å². The van der Waals surface area contributed by atoms with Gasteiger partial charge in [0.2, 0.25) is 0 Å². The summed E-state index contributed by atoms with van der Waals surface area (Å²) in [6, 6.07) is 7.23. The van der Waals surface area contributed by atoms with Gasteiger partial charge in [0.25, 0.3) is 11.8 Å². The zero-order valence-corrected chi connectivity index (χ0v) is 22.2. The number of carbonyl (C=O) groups excluding carboxylic acids is 3. The molecule has 0 radical (unpaired) electrons. The third-order valence-corrected chi connectivity index (χ3v) is 8.31. The Morgan fingerprint density at radius 1 is 0.737 bits per heavy atom. The summed E-state index contributed by atoms with van der Waals surface area (Å²) in [4.78, 5) is 44.8. The number of piperidine rings is 2. The topological polar surface area (TPSA) is 94.6 Å². The molecule has 2 bridgehead atoms. The minimum Gasteiger partial charge on any atom is -0.496 e. The first-order valence-corrected chi connectivity index (χ1v) is 13.0. The van der Waals surface area contributed by atoms with Gasteiger partial charge in [-0.05, 0) is 37.1 Å². The highest BCUT2D eigenvalue weighted by Gasteiger charge is 2.57. The van der Waals surface area contributed by atoms with E-state index in [1.54, 1.807) is 21.9 Å². The normalized spacial score (nSPS) is 25.3. The number of benzene rings is 2. The van der Waals surface area contributed by atoms with Crippen LogP contribution >= 0.6 is 0 Å². The van der Waals surface area contributed by atoms with Gasteiger partial charge in [0, 0.05) is 51.2 Å². The molecule has 2 aromatic carbocycles. The van der Waals surface area contributed by atoms with Gasteiger partial charge in [-0.1, -0.05) is 0 Å². The summed E-state index contributed by atoms with van der Waals surface area (Å²) in [6.45, 7) is 5.74. The number of hydrogen-bond donors (Lipinski definition) is 0. The monoisotopic (exact) mass is 520 g/mol. The molecule has 0 aliphatic carbocycles. The van der Waals surface area contributed by atoms with Crippen molar-refractivity contribution in [2.45, 2.75) is 26.7 Å². The van der Waals surface area contributed by atoms with Crippen molar-refractivity contribution in [1.82, 2.24) is 9.80 Å². The highest BCUT2D eigenvalue weighted by molar-refractivity contribution is 6.03. The van der Waals surface area contributed by atoms with Crippen LogP contribution in [0.2, 0.25) is 0 Å². The average molecular weight is 521 g/mol. The standard InChI is InChI=1S/C29H32N2O7/c1-28-13-30(25(32)19-9-17-5-7-37-21(17)11-23(19)35-3)15-29(2,27(28)34)16-31(14-28)26(33)20-10-18-6-8-38-22(18)12-24(20)36-4/h9-12H,5-8,13-16H2,1-4H3. The number of ketones is 1. The van der Waals surface area contributed by atoms with Crippen LogP contribution in [0.4, 0.5) is 0 Å². The van der Waals surface area contributed by atoms with Gasteiger partial charge in [-0.15, -0.1) is 0 Å². The van der Waals surface area contributed by atoms with E-state index < -0.39 is 10.8 Å². The van der Waals surface area contributed by atoms with Crippen molar-refractivity contribution < 1.29 is 33.3 Å². The molecule has 6 rings (SSSR count). The van der Waals surface area contributed by atoms with Crippen LogP contribution in [-0.2, 0) is 17.6 Å². The Hall–Kier alpha value is -3.75. The summed E-state index contributed by atoms with van der Waals surface area (Å²) in [7, 11) is 3.07. The molecule has 4 aliphatic rings. The Morgan fingerprint density at radius 3 is 1.50 bits per heavy atom. The molecule has 2 aromatic rings. The van der Waals surface area contributed by atoms with Gasteiger partial charge in [-0.2, -0.15) is 0 Å². The fourth-order valence-corrected chi connectivity index (χ4v) is 6.63. The number of fused-ring (bicyclic) bond motifs is 4. The molecule has 0 saturated carbocycles. The third-order valence-electron chi connectivity index (χ3n) is 8.31. The maximum Gasteiger partial charge on any atom is 0.257 e. The predicted octanol–water partition coefficient (Wildman–Crippen LogP) is 2.77. The summed E-state index contributed by atoms with van der Waals surface area (Å²) in [5.41, 5.74) is 1.08. The quantitative estimate of drug-likeness (QED) is 0.612. The maximum absolute atomic E-state index is 13.8. The molecule has 0 atom stereocenters. The van der Waals surface area contributed by atoms with Crippen LogP contribution in [0.15, 0.2) is 24.3 Å². The van der Waals surface area contributed by atoms with Crippen LogP contribution in [0, 0.1) is 10.8 Å². The van der Waals surface area contributed by atoms with Crippen molar-refractivity contribution in [2.75, 3.05) is 53.6 Å². The first-order valence-electron chi connectivity index (χ1n) is 13.0. The lowest BCUT2D eigenvalue weighted by Gasteiger charge is -2.55. The minimum atomic E-state index is -0.906. The van der Waals surface area contributed by atoms with Gasteiger partial charge >= 0.3 is 0 Å². The first kappa shape index (κ1) is 24.6. The van der Waals surface area contributed by atoms with E-state index in [0.29, 0.717) is 35.8 Å². The lowest BCUT2D eigenvalue weighted by Crippen LogP contribution is -2.69. The van der Waals surface area contributed by atoms with Gasteiger partial charge < -0.3 is 28.7 Å². The molecule has 9 heteroatoms. The number of nitrogens with zero attached hydrogens (tertiary/aromatic N) is 2. The molecule has 0 spiro atoms. The third kappa shape index (κ3) is 3.70. The molecular formula is C29H32N2O7. The average Bonchev–Trinajstić information content (AvgIpc) is 3.56. The van der Waals surface area contributed by atoms with E-state index in [1.807, 2.05) is 26.0 Å². The van der Waals surface area contributed by atoms with E-state index in [9.17, 15) is 14.4 Å². The van der Waals surface area contributed by atoms with Gasteiger partial charge in [-0.3, -0.25) is 14.4 Å². The van der Waals surface area contributed by atoms with Crippen LogP contribution in [-0.4, -0.2) is 81.0 Å². The van der Waals surface area contributed by atoms with Crippen LogP contribution in [0.1, 0.15) is 45.7 Å². The van der Waals surface area contributed by atoms with Crippen molar-refractivity contribution in [3.63, 3.8) is 0 Å². The Labute approximate surface area is 221 Å². The molecule has 200 valence electrons. The van der Waals surface area contributed by atoms with E-state index in [0.717, 1.165) is 35.5 Å². The second-order valence-corrected chi connectivity index (χ2v) is 11.3. The Kier molecular flexibility index (Phi) is 5.59. The number of hydrogen-bond acceptors (Lipinski definition) is 7. The second kappa shape index (κ2) is 8.64. The summed E-state index contributed by atoms with van der Waals surface area (Å²) in [5, 5.41) is 0. The fourth-order valence-electron chi connectivity index (χ4n) is 6.63. The van der Waals surface area contributed by atoms with Crippen molar-refractivity contribution in [3.8, 4) is 23.0 Å². The van der Waals surface area contributed by atoms with Crippen LogP contribution in [0.25, 0.3) is 0 Å². The van der Waals surface area contributed by atoms with Crippen molar-refractivity contribution >= 4 is 17.6 Å². The maximum atomic E-state index is 13.8. The number of amides is 2. The number of rotatable bonds is 4. The molecule has 4 aliphatic heterocycles. The first-order chi connectivity index (χ1) is 18.2. The fraction of sp³-hybridized carbons (Fsp3) is 0.483. The molecule has 4 heterocycles. The van der Waals surface area contributed by atoms with Crippen LogP contribution < -0.4 is 18.9 Å². The molecular weight excluding hydrogens is 488 g/mol. The Balaban J connectivity index is 1.29. The lowest BCUT2D eigenvalue weighted by molar-refractivity contribution is -0.153. The highest BCUT2D eigenvalue weighted by atomic mass is 16.5. The zero-order chi connectivity index (χ0) is 26.8. The Morgan fingerprint density at radius 2 is 1.13 bits per heavy atom. The Bertz CT molecular complexity index is 1250. The van der Waals surface area contributed by atoms with Crippen LogP contribution in [0.3, 0.4) is 0 Å². The van der Waals surface area contributed by atoms with E-state index in [-0.39, 0.29) is 43.8 Å². The van der Waals surface area contributed by atoms with E-state index >= 15 is 0 Å². The second-order valence-electron chi connectivity index (χ2n) is 11.3. The van der Waals surface area contributed by atoms with E-state index in [2.05, 4.69) is 0 Å².